The number of rotatable bonds is 7. The van der Waals surface area contributed by atoms with Crippen molar-refractivity contribution in [2.24, 2.45) is 4.99 Å². The third-order valence-electron chi connectivity index (χ3n) is 6.33. The maximum Gasteiger partial charge on any atom is 0.239 e. The van der Waals surface area contributed by atoms with Crippen LogP contribution in [0.2, 0.25) is 0 Å². The van der Waals surface area contributed by atoms with Gasteiger partial charge in [0, 0.05) is 46.3 Å². The van der Waals surface area contributed by atoms with Crippen molar-refractivity contribution < 1.29 is 9.53 Å². The lowest BCUT2D eigenvalue weighted by atomic mass is 10.0. The fourth-order valence-electron chi connectivity index (χ4n) is 4.42. The van der Waals surface area contributed by atoms with Gasteiger partial charge < -0.3 is 19.9 Å². The average Bonchev–Trinajstić information content (AvgIpc) is 3.33. The van der Waals surface area contributed by atoms with Crippen molar-refractivity contribution in [3.05, 3.63) is 29.8 Å². The van der Waals surface area contributed by atoms with Gasteiger partial charge in [0.15, 0.2) is 5.96 Å². The van der Waals surface area contributed by atoms with Crippen LogP contribution in [0.1, 0.15) is 45.1 Å². The highest BCUT2D eigenvalue weighted by molar-refractivity contribution is 5.82. The van der Waals surface area contributed by atoms with Crippen molar-refractivity contribution in [3.63, 3.8) is 0 Å². The molecular formula is C24H39N5O2. The fourth-order valence-corrected chi connectivity index (χ4v) is 4.42. The van der Waals surface area contributed by atoms with Crippen molar-refractivity contribution >= 4 is 11.9 Å². The van der Waals surface area contributed by atoms with Crippen molar-refractivity contribution in [1.82, 2.24) is 20.0 Å². The minimum Gasteiger partial charge on any atom is -0.491 e. The van der Waals surface area contributed by atoms with Gasteiger partial charge in [-0.25, -0.2) is 0 Å². The predicted octanol–water partition coefficient (Wildman–Crippen LogP) is 2.39. The molecule has 0 aliphatic carbocycles. The number of nitrogens with zero attached hydrogens (tertiary/aromatic N) is 4. The van der Waals surface area contributed by atoms with Crippen LogP contribution in [0.15, 0.2) is 29.3 Å². The molecule has 1 unspecified atom stereocenters. The van der Waals surface area contributed by atoms with Crippen molar-refractivity contribution in [3.8, 4) is 5.75 Å². The molecule has 172 valence electrons. The number of carbonyl (C=O) groups excluding carboxylic acids is 1. The number of hydrogen-bond donors (Lipinski definition) is 1. The molecule has 1 aromatic carbocycles. The number of carbonyl (C=O) groups is 1. The summed E-state index contributed by atoms with van der Waals surface area (Å²) in [5.41, 5.74) is 1.24. The third kappa shape index (κ3) is 6.12. The van der Waals surface area contributed by atoms with E-state index < -0.39 is 0 Å². The van der Waals surface area contributed by atoms with Gasteiger partial charge in [0.05, 0.1) is 12.6 Å². The number of para-hydroxylation sites is 1. The lowest BCUT2D eigenvalue weighted by molar-refractivity contribution is -0.135. The van der Waals surface area contributed by atoms with Gasteiger partial charge in [-0.1, -0.05) is 32.0 Å². The van der Waals surface area contributed by atoms with Crippen LogP contribution in [0.3, 0.4) is 0 Å². The molecule has 2 aliphatic rings. The van der Waals surface area contributed by atoms with E-state index in [0.717, 1.165) is 63.8 Å². The second-order valence-corrected chi connectivity index (χ2v) is 8.75. The summed E-state index contributed by atoms with van der Waals surface area (Å²) in [4.78, 5) is 23.7. The standard InChI is InChI=1S/C24H39N5O2/c1-19(2)21-9-5-6-10-22(21)31-18-11-26-24(25-4)29-16-14-27(15-17-29)20(3)23(30)28-12-7-8-13-28/h5-6,9-10,19-20H,7-8,11-18H2,1-4H3,(H,25,26). The number of guanidine groups is 1. The van der Waals surface area contributed by atoms with Crippen LogP contribution in [0.5, 0.6) is 5.75 Å². The lowest BCUT2D eigenvalue weighted by Gasteiger charge is -2.39. The summed E-state index contributed by atoms with van der Waals surface area (Å²) >= 11 is 0. The number of piperazine rings is 1. The van der Waals surface area contributed by atoms with Gasteiger partial charge in [-0.2, -0.15) is 0 Å². The fraction of sp³-hybridized carbons (Fsp3) is 0.667. The molecule has 3 rings (SSSR count). The van der Waals surface area contributed by atoms with Gasteiger partial charge in [-0.05, 0) is 37.3 Å². The zero-order valence-electron chi connectivity index (χ0n) is 19.6. The number of benzene rings is 1. The molecule has 7 heteroatoms. The van der Waals surface area contributed by atoms with Crippen molar-refractivity contribution in [2.45, 2.75) is 45.6 Å². The van der Waals surface area contributed by atoms with Crippen LogP contribution in [-0.4, -0.2) is 92.1 Å². The second-order valence-electron chi connectivity index (χ2n) is 8.75. The average molecular weight is 430 g/mol. The molecule has 1 aromatic rings. The largest absolute Gasteiger partial charge is 0.491 e. The molecule has 0 spiro atoms. The van der Waals surface area contributed by atoms with E-state index in [1.807, 2.05) is 24.1 Å². The first kappa shape index (κ1) is 23.4. The Kier molecular flexibility index (Phi) is 8.58. The Morgan fingerprint density at radius 3 is 2.35 bits per heavy atom. The zero-order valence-corrected chi connectivity index (χ0v) is 19.6. The molecular weight excluding hydrogens is 390 g/mol. The highest BCUT2D eigenvalue weighted by Gasteiger charge is 2.30. The van der Waals surface area contributed by atoms with Gasteiger partial charge >= 0.3 is 0 Å². The Hall–Kier alpha value is -2.28. The molecule has 2 heterocycles. The Morgan fingerprint density at radius 2 is 1.71 bits per heavy atom. The monoisotopic (exact) mass is 429 g/mol. The van der Waals surface area contributed by atoms with E-state index in [4.69, 9.17) is 4.74 Å². The van der Waals surface area contributed by atoms with E-state index in [9.17, 15) is 4.79 Å². The molecule has 2 aliphatic heterocycles. The quantitative estimate of drug-likeness (QED) is 0.410. The first-order valence-corrected chi connectivity index (χ1v) is 11.7. The van der Waals surface area contributed by atoms with Gasteiger partial charge in [-0.15, -0.1) is 0 Å². The van der Waals surface area contributed by atoms with Gasteiger partial charge in [0.25, 0.3) is 0 Å². The third-order valence-corrected chi connectivity index (χ3v) is 6.33. The molecule has 0 bridgehead atoms. The molecule has 31 heavy (non-hydrogen) atoms. The van der Waals surface area contributed by atoms with E-state index in [1.54, 1.807) is 0 Å². The van der Waals surface area contributed by atoms with Crippen LogP contribution >= 0.6 is 0 Å². The minimum absolute atomic E-state index is 0.0374. The SMILES string of the molecule is CN=C(NCCOc1ccccc1C(C)C)N1CCN(C(C)C(=O)N2CCCC2)CC1. The van der Waals surface area contributed by atoms with Gasteiger partial charge in [0.2, 0.25) is 5.91 Å². The highest BCUT2D eigenvalue weighted by Crippen LogP contribution is 2.25. The zero-order chi connectivity index (χ0) is 22.2. The van der Waals surface area contributed by atoms with E-state index in [2.05, 4.69) is 53.0 Å². The minimum atomic E-state index is -0.0374. The number of aliphatic imine (C=N–C) groups is 1. The molecule has 0 radical (unpaired) electrons. The normalized spacial score (nSPS) is 19.1. The van der Waals surface area contributed by atoms with E-state index >= 15 is 0 Å². The number of likely N-dealkylation sites (tertiary alicyclic amines) is 1. The maximum atomic E-state index is 12.7. The summed E-state index contributed by atoms with van der Waals surface area (Å²) in [6.45, 7) is 13.0. The van der Waals surface area contributed by atoms with Crippen molar-refractivity contribution in [1.29, 1.82) is 0 Å². The first-order chi connectivity index (χ1) is 15.0. The maximum absolute atomic E-state index is 12.7. The summed E-state index contributed by atoms with van der Waals surface area (Å²) < 4.78 is 6.02. The van der Waals surface area contributed by atoms with E-state index in [-0.39, 0.29) is 11.9 Å². The molecule has 2 saturated heterocycles. The predicted molar refractivity (Wildman–Crippen MR) is 126 cm³/mol. The summed E-state index contributed by atoms with van der Waals surface area (Å²) in [5.74, 6) is 2.58. The van der Waals surface area contributed by atoms with Crippen LogP contribution in [0, 0.1) is 0 Å². The van der Waals surface area contributed by atoms with E-state index in [0.29, 0.717) is 19.1 Å². The Labute approximate surface area is 187 Å². The summed E-state index contributed by atoms with van der Waals surface area (Å²) in [5, 5.41) is 3.43. The number of ether oxygens (including phenoxy) is 1. The number of nitrogens with one attached hydrogen (secondary N) is 1. The highest BCUT2D eigenvalue weighted by atomic mass is 16.5. The number of hydrogen-bond acceptors (Lipinski definition) is 4. The Bertz CT molecular complexity index is 737. The summed E-state index contributed by atoms with van der Waals surface area (Å²) in [7, 11) is 1.82. The van der Waals surface area contributed by atoms with Crippen LogP contribution in [-0.2, 0) is 4.79 Å². The molecule has 0 aromatic heterocycles. The van der Waals surface area contributed by atoms with Crippen LogP contribution in [0.4, 0.5) is 0 Å². The smallest absolute Gasteiger partial charge is 0.239 e. The lowest BCUT2D eigenvalue weighted by Crippen LogP contribution is -2.57. The Morgan fingerprint density at radius 1 is 1.03 bits per heavy atom. The second kappa shape index (κ2) is 11.4. The topological polar surface area (TPSA) is 60.4 Å². The molecule has 1 N–H and O–H groups in total. The molecule has 7 nitrogen and oxygen atoms in total. The van der Waals surface area contributed by atoms with Crippen LogP contribution < -0.4 is 10.1 Å². The van der Waals surface area contributed by atoms with E-state index in [1.165, 1.54) is 5.56 Å². The summed E-state index contributed by atoms with van der Waals surface area (Å²) in [6, 6.07) is 8.20. The molecule has 0 saturated carbocycles. The van der Waals surface area contributed by atoms with Gasteiger partial charge in [0.1, 0.15) is 12.4 Å². The van der Waals surface area contributed by atoms with Crippen LogP contribution in [0.25, 0.3) is 0 Å². The van der Waals surface area contributed by atoms with Crippen molar-refractivity contribution in [2.75, 3.05) is 59.5 Å². The first-order valence-electron chi connectivity index (χ1n) is 11.7. The van der Waals surface area contributed by atoms with Gasteiger partial charge in [-0.3, -0.25) is 14.7 Å². The molecule has 1 amide bonds. The molecule has 1 atom stereocenters. The summed E-state index contributed by atoms with van der Waals surface area (Å²) in [6.07, 6.45) is 2.28. The number of amides is 1. The molecule has 2 fully saturated rings. The Balaban J connectivity index is 1.42.